The molecule has 1 rings (SSSR count). The lowest BCUT2D eigenvalue weighted by Crippen LogP contribution is -2.34. The second-order valence-corrected chi connectivity index (χ2v) is 9.68. The third-order valence-corrected chi connectivity index (χ3v) is 6.87. The minimum atomic E-state index is -0.339. The molecule has 31 heavy (non-hydrogen) atoms. The van der Waals surface area contributed by atoms with Crippen molar-refractivity contribution in [2.24, 2.45) is 23.7 Å². The first-order valence-corrected chi connectivity index (χ1v) is 13.4. The second-order valence-electron chi connectivity index (χ2n) is 9.68. The third-order valence-electron chi connectivity index (χ3n) is 6.87. The Hall–Kier alpha value is -1.06. The number of ether oxygens (including phenoxy) is 2. The molecule has 0 spiro atoms. The van der Waals surface area contributed by atoms with Gasteiger partial charge in [0.15, 0.2) is 0 Å². The highest BCUT2D eigenvalue weighted by molar-refractivity contribution is 5.83. The summed E-state index contributed by atoms with van der Waals surface area (Å²) in [6.07, 6.45) is 16.9. The molecule has 1 aliphatic rings. The van der Waals surface area contributed by atoms with Crippen molar-refractivity contribution in [3.05, 3.63) is 0 Å². The second kappa shape index (κ2) is 17.5. The van der Waals surface area contributed by atoms with Crippen LogP contribution in [0.4, 0.5) is 0 Å². The average molecular weight is 439 g/mol. The van der Waals surface area contributed by atoms with Gasteiger partial charge >= 0.3 is 11.9 Å². The van der Waals surface area contributed by atoms with Gasteiger partial charge in [0.25, 0.3) is 0 Å². The summed E-state index contributed by atoms with van der Waals surface area (Å²) in [5.41, 5.74) is 0. The molecule has 0 aliphatic heterocycles. The van der Waals surface area contributed by atoms with Crippen molar-refractivity contribution >= 4 is 11.9 Å². The van der Waals surface area contributed by atoms with Crippen LogP contribution in [0.15, 0.2) is 0 Å². The Morgan fingerprint density at radius 2 is 1.10 bits per heavy atom. The minimum absolute atomic E-state index is 0.169. The van der Waals surface area contributed by atoms with E-state index in [4.69, 9.17) is 9.47 Å². The molecule has 1 fully saturated rings. The maximum atomic E-state index is 13.0. The van der Waals surface area contributed by atoms with Gasteiger partial charge < -0.3 is 9.47 Å². The number of unbranched alkanes of at least 4 members (excludes halogenated alkanes) is 10. The summed E-state index contributed by atoms with van der Waals surface area (Å²) in [5.74, 6) is -0.594. The zero-order valence-corrected chi connectivity index (χ0v) is 21.0. The van der Waals surface area contributed by atoms with Crippen molar-refractivity contribution in [1.29, 1.82) is 0 Å². The van der Waals surface area contributed by atoms with Crippen molar-refractivity contribution in [2.45, 2.75) is 124 Å². The van der Waals surface area contributed by atoms with Crippen LogP contribution in [0.5, 0.6) is 0 Å². The monoisotopic (exact) mass is 438 g/mol. The molecule has 1 aliphatic carbocycles. The summed E-state index contributed by atoms with van der Waals surface area (Å²) in [6.45, 7) is 9.63. The molecule has 0 radical (unpaired) electrons. The number of hydrogen-bond donors (Lipinski definition) is 0. The number of rotatable bonds is 18. The maximum absolute atomic E-state index is 13.0. The fourth-order valence-electron chi connectivity index (χ4n) is 5.11. The molecule has 0 aromatic heterocycles. The SMILES string of the molecule is CCCCCCCCOC(=O)C1C(C)CC(CCC)C1C(=O)OCCCCCCCC. The third kappa shape index (κ3) is 10.9. The Bertz CT molecular complexity index is 476. The van der Waals surface area contributed by atoms with E-state index in [1.165, 1.54) is 51.4 Å². The molecule has 0 aromatic carbocycles. The van der Waals surface area contributed by atoms with Gasteiger partial charge in [0.1, 0.15) is 0 Å². The summed E-state index contributed by atoms with van der Waals surface area (Å²) >= 11 is 0. The van der Waals surface area contributed by atoms with Gasteiger partial charge in [-0.2, -0.15) is 0 Å². The first kappa shape index (κ1) is 28.0. The summed E-state index contributed by atoms with van der Waals surface area (Å²) in [7, 11) is 0. The van der Waals surface area contributed by atoms with Gasteiger partial charge in [0.2, 0.25) is 0 Å². The molecule has 4 unspecified atom stereocenters. The lowest BCUT2D eigenvalue weighted by molar-refractivity contribution is -0.162. The van der Waals surface area contributed by atoms with Crippen molar-refractivity contribution in [3.63, 3.8) is 0 Å². The normalized spacial score (nSPS) is 23.1. The van der Waals surface area contributed by atoms with E-state index in [2.05, 4.69) is 27.7 Å². The predicted octanol–water partition coefficient (Wildman–Crippen LogP) is 7.48. The van der Waals surface area contributed by atoms with Gasteiger partial charge in [-0.05, 0) is 37.5 Å². The zero-order chi connectivity index (χ0) is 22.9. The first-order chi connectivity index (χ1) is 15.1. The molecule has 0 saturated heterocycles. The maximum Gasteiger partial charge on any atom is 0.310 e. The average Bonchev–Trinajstić information content (AvgIpc) is 3.08. The van der Waals surface area contributed by atoms with Gasteiger partial charge in [-0.15, -0.1) is 0 Å². The van der Waals surface area contributed by atoms with Gasteiger partial charge in [0, 0.05) is 0 Å². The van der Waals surface area contributed by atoms with Crippen molar-refractivity contribution < 1.29 is 19.1 Å². The van der Waals surface area contributed by atoms with Crippen LogP contribution in [0.2, 0.25) is 0 Å². The smallest absolute Gasteiger partial charge is 0.310 e. The van der Waals surface area contributed by atoms with Crippen LogP contribution in [0.25, 0.3) is 0 Å². The molecule has 0 N–H and O–H groups in total. The van der Waals surface area contributed by atoms with Gasteiger partial charge in [-0.1, -0.05) is 98.3 Å². The van der Waals surface area contributed by atoms with Crippen LogP contribution in [0, 0.1) is 23.7 Å². The van der Waals surface area contributed by atoms with Crippen LogP contribution < -0.4 is 0 Å². The summed E-state index contributed by atoms with van der Waals surface area (Å²) in [4.78, 5) is 25.9. The summed E-state index contributed by atoms with van der Waals surface area (Å²) in [6, 6.07) is 0. The highest BCUT2D eigenvalue weighted by Crippen LogP contribution is 2.45. The van der Waals surface area contributed by atoms with Crippen LogP contribution in [-0.2, 0) is 19.1 Å². The van der Waals surface area contributed by atoms with Gasteiger partial charge in [-0.3, -0.25) is 9.59 Å². The highest BCUT2D eigenvalue weighted by Gasteiger charge is 2.49. The Balaban J connectivity index is 2.49. The quantitative estimate of drug-likeness (QED) is 0.164. The van der Waals surface area contributed by atoms with Crippen molar-refractivity contribution in [1.82, 2.24) is 0 Å². The van der Waals surface area contributed by atoms with Crippen molar-refractivity contribution in [2.75, 3.05) is 13.2 Å². The number of hydrogen-bond acceptors (Lipinski definition) is 4. The van der Waals surface area contributed by atoms with Gasteiger partial charge in [-0.25, -0.2) is 0 Å². The number of esters is 2. The molecule has 4 heteroatoms. The van der Waals surface area contributed by atoms with E-state index in [9.17, 15) is 9.59 Å². The Morgan fingerprint density at radius 1 is 0.645 bits per heavy atom. The van der Waals surface area contributed by atoms with E-state index in [0.717, 1.165) is 44.9 Å². The molecular weight excluding hydrogens is 388 g/mol. The fourth-order valence-corrected chi connectivity index (χ4v) is 5.11. The van der Waals surface area contributed by atoms with E-state index < -0.39 is 0 Å². The Labute approximate surface area is 192 Å². The molecule has 0 amide bonds. The van der Waals surface area contributed by atoms with E-state index >= 15 is 0 Å². The van der Waals surface area contributed by atoms with E-state index in [0.29, 0.717) is 13.2 Å². The van der Waals surface area contributed by atoms with Crippen LogP contribution in [0.3, 0.4) is 0 Å². The lowest BCUT2D eigenvalue weighted by Gasteiger charge is -2.23. The summed E-state index contributed by atoms with van der Waals surface area (Å²) < 4.78 is 11.3. The molecule has 4 nitrogen and oxygen atoms in total. The van der Waals surface area contributed by atoms with Crippen LogP contribution in [0.1, 0.15) is 124 Å². The Morgan fingerprint density at radius 3 is 1.58 bits per heavy atom. The standard InChI is InChI=1S/C27H50O4/c1-5-8-10-12-14-16-19-30-26(28)24-22(4)21-23(18-7-3)25(24)27(29)31-20-17-15-13-11-9-6-2/h22-25H,5-21H2,1-4H3. The predicted molar refractivity (Wildman–Crippen MR) is 128 cm³/mol. The van der Waals surface area contributed by atoms with Crippen LogP contribution >= 0.6 is 0 Å². The first-order valence-electron chi connectivity index (χ1n) is 13.4. The molecule has 0 aromatic rings. The molecule has 182 valence electrons. The number of carbonyl (C=O) groups excluding carboxylic acids is 2. The highest BCUT2D eigenvalue weighted by atomic mass is 16.5. The zero-order valence-electron chi connectivity index (χ0n) is 21.0. The van der Waals surface area contributed by atoms with Gasteiger partial charge in [0.05, 0.1) is 25.0 Å². The Kier molecular flexibility index (Phi) is 15.8. The summed E-state index contributed by atoms with van der Waals surface area (Å²) in [5, 5.41) is 0. The lowest BCUT2D eigenvalue weighted by atomic mass is 9.85. The largest absolute Gasteiger partial charge is 0.465 e. The van der Waals surface area contributed by atoms with E-state index in [1.54, 1.807) is 0 Å². The molecule has 0 heterocycles. The van der Waals surface area contributed by atoms with E-state index in [-0.39, 0.29) is 35.6 Å². The van der Waals surface area contributed by atoms with E-state index in [1.807, 2.05) is 0 Å². The molecule has 0 bridgehead atoms. The number of carbonyl (C=O) groups is 2. The minimum Gasteiger partial charge on any atom is -0.465 e. The molecule has 4 atom stereocenters. The fraction of sp³-hybridized carbons (Fsp3) is 0.926. The molecule has 1 saturated carbocycles. The van der Waals surface area contributed by atoms with Crippen LogP contribution in [-0.4, -0.2) is 25.2 Å². The topological polar surface area (TPSA) is 52.6 Å². The van der Waals surface area contributed by atoms with Crippen molar-refractivity contribution in [3.8, 4) is 0 Å². The molecular formula is C27H50O4.